The Morgan fingerprint density at radius 2 is 1.54 bits per heavy atom. The zero-order valence-corrected chi connectivity index (χ0v) is 29.8. The fourth-order valence-corrected chi connectivity index (χ4v) is 7.91. The molecule has 252 valence electrons. The Kier molecular flexibility index (Phi) is 11.9. The molecule has 5 rings (SSSR count). The smallest absolute Gasteiger partial charge is 0.264 e. The molecule has 1 fully saturated rings. The molecule has 48 heavy (non-hydrogen) atoms. The molecule has 2 amide bonds. The first-order valence-corrected chi connectivity index (χ1v) is 18.5. The second-order valence-corrected chi connectivity index (χ2v) is 15.0. The number of amides is 2. The number of benzene rings is 4. The zero-order valence-electron chi connectivity index (χ0n) is 27.3. The summed E-state index contributed by atoms with van der Waals surface area (Å²) in [5, 5.41) is 3.24. The number of nitrogens with one attached hydrogen (secondary N) is 1. The highest BCUT2D eigenvalue weighted by Gasteiger charge is 2.35. The number of rotatable bonds is 13. The van der Waals surface area contributed by atoms with Gasteiger partial charge in [-0.15, -0.1) is 0 Å². The second-order valence-electron chi connectivity index (χ2n) is 12.2. The van der Waals surface area contributed by atoms with Crippen LogP contribution in [0.4, 0.5) is 5.69 Å². The molecule has 0 radical (unpaired) electrons. The van der Waals surface area contributed by atoms with E-state index >= 15 is 0 Å². The van der Waals surface area contributed by atoms with Crippen molar-refractivity contribution in [2.45, 2.75) is 69.0 Å². The highest BCUT2D eigenvalue weighted by atomic mass is 79.9. The van der Waals surface area contributed by atoms with E-state index in [0.29, 0.717) is 11.4 Å². The Hall–Kier alpha value is -4.15. The Balaban J connectivity index is 1.56. The third-order valence-electron chi connectivity index (χ3n) is 8.71. The van der Waals surface area contributed by atoms with Gasteiger partial charge in [0.2, 0.25) is 11.8 Å². The van der Waals surface area contributed by atoms with E-state index in [-0.39, 0.29) is 29.8 Å². The average Bonchev–Trinajstić information content (AvgIpc) is 3.09. The molecular formula is C38H42BrN3O5S. The van der Waals surface area contributed by atoms with Gasteiger partial charge in [-0.2, -0.15) is 0 Å². The van der Waals surface area contributed by atoms with Crippen LogP contribution < -0.4 is 14.4 Å². The maximum absolute atomic E-state index is 14.7. The van der Waals surface area contributed by atoms with Crippen LogP contribution >= 0.6 is 15.9 Å². The first-order chi connectivity index (χ1) is 23.1. The highest BCUT2D eigenvalue weighted by Crippen LogP contribution is 2.28. The van der Waals surface area contributed by atoms with Crippen LogP contribution in [-0.4, -0.2) is 50.9 Å². The molecule has 0 saturated heterocycles. The summed E-state index contributed by atoms with van der Waals surface area (Å²) in [4.78, 5) is 30.5. The molecule has 1 atom stereocenters. The summed E-state index contributed by atoms with van der Waals surface area (Å²) < 4.78 is 35.8. The van der Waals surface area contributed by atoms with Gasteiger partial charge in [-0.25, -0.2) is 8.42 Å². The van der Waals surface area contributed by atoms with E-state index in [1.165, 1.54) is 12.0 Å². The maximum Gasteiger partial charge on any atom is 0.264 e. The summed E-state index contributed by atoms with van der Waals surface area (Å²) in [7, 11) is -2.66. The van der Waals surface area contributed by atoms with Crippen molar-refractivity contribution in [3.63, 3.8) is 0 Å². The van der Waals surface area contributed by atoms with Crippen LogP contribution in [0, 0.1) is 6.92 Å². The van der Waals surface area contributed by atoms with Crippen molar-refractivity contribution < 1.29 is 22.7 Å². The quantitative estimate of drug-likeness (QED) is 0.159. The number of hydrogen-bond donors (Lipinski definition) is 1. The van der Waals surface area contributed by atoms with Gasteiger partial charge < -0.3 is 15.0 Å². The molecular weight excluding hydrogens is 690 g/mol. The molecule has 1 aliphatic carbocycles. The molecule has 8 nitrogen and oxygen atoms in total. The largest absolute Gasteiger partial charge is 0.497 e. The van der Waals surface area contributed by atoms with Crippen molar-refractivity contribution in [1.82, 2.24) is 10.2 Å². The van der Waals surface area contributed by atoms with Gasteiger partial charge in [0.1, 0.15) is 18.3 Å². The van der Waals surface area contributed by atoms with Gasteiger partial charge in [0.15, 0.2) is 0 Å². The maximum atomic E-state index is 14.7. The van der Waals surface area contributed by atoms with E-state index in [4.69, 9.17) is 4.74 Å². The SMILES string of the molecule is COc1ccc(N(CC(=O)N(Cc2cccc(Br)c2)[C@@H](Cc2ccccc2)C(=O)NC2CCCCC2)S(=O)(=O)c2ccc(C)cc2)cc1. The lowest BCUT2D eigenvalue weighted by Gasteiger charge is -2.35. The lowest BCUT2D eigenvalue weighted by Crippen LogP contribution is -2.55. The molecule has 0 heterocycles. The first kappa shape index (κ1) is 35.2. The molecule has 0 aromatic heterocycles. The Morgan fingerprint density at radius 3 is 2.19 bits per heavy atom. The average molecular weight is 733 g/mol. The summed E-state index contributed by atoms with van der Waals surface area (Å²) in [5.41, 5.74) is 2.92. The summed E-state index contributed by atoms with van der Waals surface area (Å²) >= 11 is 3.53. The van der Waals surface area contributed by atoms with Crippen LogP contribution in [0.5, 0.6) is 5.75 Å². The van der Waals surface area contributed by atoms with Crippen LogP contribution in [0.1, 0.15) is 48.8 Å². The number of sulfonamides is 1. The molecule has 0 bridgehead atoms. The predicted octanol–water partition coefficient (Wildman–Crippen LogP) is 7.05. The molecule has 1 saturated carbocycles. The topological polar surface area (TPSA) is 96.0 Å². The Labute approximate surface area is 292 Å². The number of nitrogens with zero attached hydrogens (tertiary/aromatic N) is 2. The monoisotopic (exact) mass is 731 g/mol. The minimum absolute atomic E-state index is 0.0325. The number of aryl methyl sites for hydroxylation is 1. The van der Waals surface area contributed by atoms with E-state index in [2.05, 4.69) is 21.2 Å². The molecule has 4 aromatic rings. The molecule has 1 N–H and O–H groups in total. The third kappa shape index (κ3) is 9.05. The number of hydrogen-bond acceptors (Lipinski definition) is 5. The Bertz CT molecular complexity index is 1780. The van der Waals surface area contributed by atoms with E-state index in [0.717, 1.165) is 57.6 Å². The normalized spacial score (nSPS) is 14.1. The number of carbonyl (C=O) groups is 2. The summed E-state index contributed by atoms with van der Waals surface area (Å²) in [6, 6.07) is 29.4. The van der Waals surface area contributed by atoms with Crippen LogP contribution in [0.25, 0.3) is 0 Å². The molecule has 0 unspecified atom stereocenters. The van der Waals surface area contributed by atoms with Crippen molar-refractivity contribution in [1.29, 1.82) is 0 Å². The fraction of sp³-hybridized carbons (Fsp3) is 0.316. The van der Waals surface area contributed by atoms with Crippen molar-refractivity contribution in [2.75, 3.05) is 18.0 Å². The number of methoxy groups -OCH3 is 1. The van der Waals surface area contributed by atoms with Gasteiger partial charge in [0.05, 0.1) is 17.7 Å². The second kappa shape index (κ2) is 16.3. The van der Waals surface area contributed by atoms with Gasteiger partial charge in [-0.1, -0.05) is 95.4 Å². The van der Waals surface area contributed by atoms with Gasteiger partial charge in [0.25, 0.3) is 10.0 Å². The van der Waals surface area contributed by atoms with Gasteiger partial charge >= 0.3 is 0 Å². The van der Waals surface area contributed by atoms with Crippen LogP contribution in [0.2, 0.25) is 0 Å². The minimum Gasteiger partial charge on any atom is -0.497 e. The number of ether oxygens (including phenoxy) is 1. The van der Waals surface area contributed by atoms with Crippen molar-refractivity contribution in [2.24, 2.45) is 0 Å². The van der Waals surface area contributed by atoms with E-state index in [1.807, 2.05) is 61.5 Å². The molecule has 0 spiro atoms. The lowest BCUT2D eigenvalue weighted by molar-refractivity contribution is -0.140. The number of halogens is 1. The van der Waals surface area contributed by atoms with Gasteiger partial charge in [-0.05, 0) is 79.4 Å². The fourth-order valence-electron chi connectivity index (χ4n) is 6.04. The minimum atomic E-state index is -4.19. The van der Waals surface area contributed by atoms with E-state index in [9.17, 15) is 18.0 Å². The first-order valence-electron chi connectivity index (χ1n) is 16.3. The van der Waals surface area contributed by atoms with Gasteiger partial charge in [-0.3, -0.25) is 13.9 Å². The molecule has 1 aliphatic rings. The molecule has 4 aromatic carbocycles. The van der Waals surface area contributed by atoms with E-state index in [1.54, 1.807) is 48.5 Å². The lowest BCUT2D eigenvalue weighted by atomic mass is 9.94. The van der Waals surface area contributed by atoms with Crippen LogP contribution in [0.3, 0.4) is 0 Å². The predicted molar refractivity (Wildman–Crippen MR) is 192 cm³/mol. The zero-order chi connectivity index (χ0) is 34.1. The molecule has 0 aliphatic heterocycles. The highest BCUT2D eigenvalue weighted by molar-refractivity contribution is 9.10. The third-order valence-corrected chi connectivity index (χ3v) is 11.0. The molecule has 10 heteroatoms. The standard InChI is InChI=1S/C38H42BrN3O5S/c1-28-16-22-35(23-17-28)48(45,46)42(33-18-20-34(47-2)21-19-33)27-37(43)41(26-30-12-9-13-31(39)24-30)36(25-29-10-5-3-6-11-29)38(44)40-32-14-7-4-8-15-32/h3,5-6,9-13,16-24,32,36H,4,7-8,14-15,25-27H2,1-2H3,(H,40,44)/t36-/m0/s1. The van der Waals surface area contributed by atoms with Crippen molar-refractivity contribution in [3.05, 3.63) is 124 Å². The van der Waals surface area contributed by atoms with Crippen LogP contribution in [-0.2, 0) is 32.6 Å². The van der Waals surface area contributed by atoms with Gasteiger partial charge in [0, 0.05) is 23.5 Å². The summed E-state index contributed by atoms with van der Waals surface area (Å²) in [6.07, 6.45) is 5.29. The number of anilines is 1. The van der Waals surface area contributed by atoms with E-state index < -0.39 is 28.5 Å². The number of carbonyl (C=O) groups excluding carboxylic acids is 2. The summed E-state index contributed by atoms with van der Waals surface area (Å²) in [6.45, 7) is 1.47. The van der Waals surface area contributed by atoms with Crippen LogP contribution in [0.15, 0.2) is 112 Å². The Morgan fingerprint density at radius 1 is 0.875 bits per heavy atom. The van der Waals surface area contributed by atoms with Crippen molar-refractivity contribution in [3.8, 4) is 5.75 Å². The van der Waals surface area contributed by atoms with Crippen molar-refractivity contribution >= 4 is 43.5 Å². The summed E-state index contributed by atoms with van der Waals surface area (Å²) in [5.74, 6) is -0.191.